The second kappa shape index (κ2) is 4.94. The van der Waals surface area contributed by atoms with Crippen molar-refractivity contribution in [2.45, 2.75) is 26.4 Å². The van der Waals surface area contributed by atoms with Gasteiger partial charge in [-0.1, -0.05) is 11.6 Å². The van der Waals surface area contributed by atoms with Gasteiger partial charge in [-0.25, -0.2) is 0 Å². The van der Waals surface area contributed by atoms with Gasteiger partial charge in [0.2, 0.25) is 0 Å². The van der Waals surface area contributed by atoms with Gasteiger partial charge in [0.25, 0.3) is 0 Å². The van der Waals surface area contributed by atoms with Crippen LogP contribution < -0.4 is 5.32 Å². The van der Waals surface area contributed by atoms with E-state index in [-0.39, 0.29) is 6.04 Å². The van der Waals surface area contributed by atoms with Crippen molar-refractivity contribution in [3.05, 3.63) is 40.6 Å². The molecule has 2 aromatic rings. The van der Waals surface area contributed by atoms with Crippen LogP contribution in [0.1, 0.15) is 30.2 Å². The second-order valence-electron chi connectivity index (χ2n) is 3.86. The van der Waals surface area contributed by atoms with Crippen LogP contribution in [0.4, 0.5) is 0 Å². The predicted octanol–water partition coefficient (Wildman–Crippen LogP) is 2.77. The molecular formula is C12H16ClN3O. The highest BCUT2D eigenvalue weighted by Gasteiger charge is 2.22. The summed E-state index contributed by atoms with van der Waals surface area (Å²) in [5, 5.41) is 8.10. The van der Waals surface area contributed by atoms with E-state index in [0.717, 1.165) is 23.8 Å². The number of rotatable bonds is 4. The van der Waals surface area contributed by atoms with E-state index in [2.05, 4.69) is 10.4 Å². The van der Waals surface area contributed by atoms with Gasteiger partial charge in [-0.05, 0) is 33.0 Å². The van der Waals surface area contributed by atoms with E-state index in [4.69, 9.17) is 16.0 Å². The largest absolute Gasteiger partial charge is 0.464 e. The lowest BCUT2D eigenvalue weighted by Gasteiger charge is -2.15. The fourth-order valence-electron chi connectivity index (χ4n) is 1.93. The fourth-order valence-corrected chi connectivity index (χ4v) is 2.18. The van der Waals surface area contributed by atoms with Gasteiger partial charge in [0, 0.05) is 6.54 Å². The minimum absolute atomic E-state index is 0.0707. The maximum atomic E-state index is 6.19. The summed E-state index contributed by atoms with van der Waals surface area (Å²) in [7, 11) is 1.88. The lowest BCUT2D eigenvalue weighted by Crippen LogP contribution is -2.21. The molecule has 0 radical (unpaired) electrons. The van der Waals surface area contributed by atoms with E-state index in [9.17, 15) is 0 Å². The number of nitrogens with one attached hydrogen (secondary N) is 1. The van der Waals surface area contributed by atoms with Crippen LogP contribution in [-0.4, -0.2) is 16.8 Å². The first-order chi connectivity index (χ1) is 8.17. The Hall–Kier alpha value is -1.26. The van der Waals surface area contributed by atoms with E-state index >= 15 is 0 Å². The molecular weight excluding hydrogens is 238 g/mol. The summed E-state index contributed by atoms with van der Waals surface area (Å²) in [6, 6.07) is 3.83. The zero-order valence-corrected chi connectivity index (χ0v) is 11.0. The smallest absolute Gasteiger partial charge is 0.127 e. The zero-order chi connectivity index (χ0) is 12.4. The number of hydrogen-bond acceptors (Lipinski definition) is 3. The Morgan fingerprint density at radius 1 is 1.53 bits per heavy atom. The number of furan rings is 1. The SMILES string of the molecule is CCn1ncc(Cl)c1C(NC)c1ccc(C)o1. The first kappa shape index (κ1) is 12.2. The lowest BCUT2D eigenvalue weighted by atomic mass is 10.1. The Labute approximate surface area is 106 Å². The number of hydrogen-bond donors (Lipinski definition) is 1. The van der Waals surface area contributed by atoms with E-state index in [1.54, 1.807) is 6.20 Å². The molecule has 1 N–H and O–H groups in total. The van der Waals surface area contributed by atoms with Crippen molar-refractivity contribution in [1.82, 2.24) is 15.1 Å². The zero-order valence-electron chi connectivity index (χ0n) is 10.2. The van der Waals surface area contributed by atoms with E-state index in [1.165, 1.54) is 0 Å². The summed E-state index contributed by atoms with van der Waals surface area (Å²) in [5.74, 6) is 1.74. The molecule has 2 aromatic heterocycles. The molecule has 0 bridgehead atoms. The van der Waals surface area contributed by atoms with E-state index in [0.29, 0.717) is 5.02 Å². The predicted molar refractivity (Wildman–Crippen MR) is 67.3 cm³/mol. The monoisotopic (exact) mass is 253 g/mol. The summed E-state index contributed by atoms with van der Waals surface area (Å²) in [5.41, 5.74) is 0.936. The maximum absolute atomic E-state index is 6.19. The van der Waals surface area contributed by atoms with Crippen LogP contribution in [0, 0.1) is 6.92 Å². The van der Waals surface area contributed by atoms with Crippen LogP contribution >= 0.6 is 11.6 Å². The van der Waals surface area contributed by atoms with Gasteiger partial charge in [0.05, 0.1) is 16.9 Å². The second-order valence-corrected chi connectivity index (χ2v) is 4.27. The molecule has 0 saturated carbocycles. The van der Waals surface area contributed by atoms with Crippen molar-refractivity contribution in [3.63, 3.8) is 0 Å². The van der Waals surface area contributed by atoms with Gasteiger partial charge in [-0.15, -0.1) is 0 Å². The minimum atomic E-state index is -0.0707. The summed E-state index contributed by atoms with van der Waals surface area (Å²) in [6.45, 7) is 4.74. The Bertz CT molecular complexity index is 504. The molecule has 4 nitrogen and oxygen atoms in total. The molecule has 0 fully saturated rings. The van der Waals surface area contributed by atoms with Crippen molar-refractivity contribution >= 4 is 11.6 Å². The van der Waals surface area contributed by atoms with Gasteiger partial charge >= 0.3 is 0 Å². The van der Waals surface area contributed by atoms with Crippen LogP contribution in [0.3, 0.4) is 0 Å². The minimum Gasteiger partial charge on any atom is -0.464 e. The van der Waals surface area contributed by atoms with Crippen LogP contribution in [0.2, 0.25) is 5.02 Å². The summed E-state index contributed by atoms with van der Waals surface area (Å²) >= 11 is 6.19. The number of nitrogens with zero attached hydrogens (tertiary/aromatic N) is 2. The van der Waals surface area contributed by atoms with Gasteiger partial charge in [0.15, 0.2) is 0 Å². The third-order valence-corrected chi connectivity index (χ3v) is 3.03. The fraction of sp³-hybridized carbons (Fsp3) is 0.417. The summed E-state index contributed by atoms with van der Waals surface area (Å²) in [4.78, 5) is 0. The van der Waals surface area contributed by atoms with Crippen molar-refractivity contribution < 1.29 is 4.42 Å². The van der Waals surface area contributed by atoms with Crippen LogP contribution in [0.25, 0.3) is 0 Å². The third-order valence-electron chi connectivity index (χ3n) is 2.74. The van der Waals surface area contributed by atoms with Crippen LogP contribution in [-0.2, 0) is 6.54 Å². The Morgan fingerprint density at radius 2 is 2.29 bits per heavy atom. The van der Waals surface area contributed by atoms with Gasteiger partial charge in [-0.2, -0.15) is 5.10 Å². The molecule has 0 spiro atoms. The van der Waals surface area contributed by atoms with Crippen molar-refractivity contribution in [3.8, 4) is 0 Å². The highest BCUT2D eigenvalue weighted by molar-refractivity contribution is 6.31. The van der Waals surface area contributed by atoms with Gasteiger partial charge < -0.3 is 9.73 Å². The van der Waals surface area contributed by atoms with E-state index in [1.807, 2.05) is 37.7 Å². The molecule has 0 saturated heterocycles. The normalized spacial score (nSPS) is 12.9. The molecule has 0 amide bonds. The number of aryl methyl sites for hydroxylation is 2. The van der Waals surface area contributed by atoms with Crippen molar-refractivity contribution in [2.75, 3.05) is 7.05 Å². The molecule has 2 heterocycles. The first-order valence-corrected chi connectivity index (χ1v) is 6.00. The highest BCUT2D eigenvalue weighted by atomic mass is 35.5. The average Bonchev–Trinajstić information content (AvgIpc) is 2.89. The standard InChI is InChI=1S/C12H16ClN3O/c1-4-16-12(9(13)7-15-16)11(14-3)10-6-5-8(2)17-10/h5-7,11,14H,4H2,1-3H3. The van der Waals surface area contributed by atoms with Gasteiger partial charge in [0.1, 0.15) is 17.6 Å². The number of aromatic nitrogens is 2. The molecule has 0 aliphatic heterocycles. The molecule has 0 aromatic carbocycles. The molecule has 0 aliphatic carbocycles. The number of halogens is 1. The topological polar surface area (TPSA) is 43.0 Å². The average molecular weight is 254 g/mol. The van der Waals surface area contributed by atoms with E-state index < -0.39 is 0 Å². The van der Waals surface area contributed by atoms with Crippen LogP contribution in [0.5, 0.6) is 0 Å². The molecule has 17 heavy (non-hydrogen) atoms. The Morgan fingerprint density at radius 3 is 2.82 bits per heavy atom. The Balaban J connectivity index is 2.44. The first-order valence-electron chi connectivity index (χ1n) is 5.62. The lowest BCUT2D eigenvalue weighted by molar-refractivity contribution is 0.428. The highest BCUT2D eigenvalue weighted by Crippen LogP contribution is 2.29. The molecule has 5 heteroatoms. The quantitative estimate of drug-likeness (QED) is 0.911. The molecule has 2 rings (SSSR count). The van der Waals surface area contributed by atoms with Gasteiger partial charge in [-0.3, -0.25) is 4.68 Å². The summed E-state index contributed by atoms with van der Waals surface area (Å²) in [6.07, 6.45) is 1.67. The van der Waals surface area contributed by atoms with Crippen LogP contribution in [0.15, 0.2) is 22.7 Å². The van der Waals surface area contributed by atoms with Crippen molar-refractivity contribution in [2.24, 2.45) is 0 Å². The Kier molecular flexibility index (Phi) is 3.54. The molecule has 92 valence electrons. The third kappa shape index (κ3) is 2.23. The molecule has 1 atom stereocenters. The van der Waals surface area contributed by atoms with Crippen molar-refractivity contribution in [1.29, 1.82) is 0 Å². The summed E-state index contributed by atoms with van der Waals surface area (Å²) < 4.78 is 7.53. The molecule has 1 unspecified atom stereocenters. The maximum Gasteiger partial charge on any atom is 0.127 e. The molecule has 0 aliphatic rings.